The molecule has 1 aromatic carbocycles. The number of rotatable bonds is 7. The van der Waals surface area contributed by atoms with E-state index in [1.807, 2.05) is 0 Å². The summed E-state index contributed by atoms with van der Waals surface area (Å²) in [6, 6.07) is 4.23. The van der Waals surface area contributed by atoms with Gasteiger partial charge in [0.25, 0.3) is 5.91 Å². The highest BCUT2D eigenvalue weighted by Crippen LogP contribution is 2.24. The topological polar surface area (TPSA) is 111 Å². The Morgan fingerprint density at radius 2 is 2.10 bits per heavy atom. The fourth-order valence-corrected chi connectivity index (χ4v) is 2.46. The van der Waals surface area contributed by atoms with Crippen molar-refractivity contribution in [3.8, 4) is 5.75 Å². The van der Waals surface area contributed by atoms with Crippen LogP contribution in [0.1, 0.15) is 16.8 Å². The molecule has 0 unspecified atom stereocenters. The predicted molar refractivity (Wildman–Crippen MR) is 75.2 cm³/mol. The van der Waals surface area contributed by atoms with E-state index in [1.165, 1.54) is 32.4 Å². The number of nitrogens with two attached hydrogens (primary N) is 1. The summed E-state index contributed by atoms with van der Waals surface area (Å²) in [6.45, 7) is 0.914. The van der Waals surface area contributed by atoms with Crippen LogP contribution in [0.25, 0.3) is 0 Å². The van der Waals surface area contributed by atoms with Crippen molar-refractivity contribution >= 4 is 15.9 Å². The third-order valence-electron chi connectivity index (χ3n) is 2.65. The van der Waals surface area contributed by atoms with E-state index in [2.05, 4.69) is 10.0 Å². The van der Waals surface area contributed by atoms with Gasteiger partial charge in [-0.25, -0.2) is 13.1 Å². The smallest absolute Gasteiger partial charge is 0.251 e. The lowest BCUT2D eigenvalue weighted by Gasteiger charge is -2.11. The minimum Gasteiger partial charge on any atom is -0.495 e. The summed E-state index contributed by atoms with van der Waals surface area (Å²) in [5.41, 5.74) is 5.58. The van der Waals surface area contributed by atoms with Crippen LogP contribution in [0.4, 0.5) is 0 Å². The van der Waals surface area contributed by atoms with Crippen molar-refractivity contribution in [2.45, 2.75) is 11.3 Å². The second-order valence-electron chi connectivity index (χ2n) is 3.97. The van der Waals surface area contributed by atoms with Crippen molar-refractivity contribution < 1.29 is 17.9 Å². The third-order valence-corrected chi connectivity index (χ3v) is 4.09. The largest absolute Gasteiger partial charge is 0.495 e. The van der Waals surface area contributed by atoms with E-state index in [9.17, 15) is 13.2 Å². The molecule has 0 radical (unpaired) electrons. The molecule has 4 N–H and O–H groups in total. The first-order chi connectivity index (χ1) is 9.46. The minimum absolute atomic E-state index is 0.0750. The van der Waals surface area contributed by atoms with Gasteiger partial charge in [-0.15, -0.1) is 0 Å². The summed E-state index contributed by atoms with van der Waals surface area (Å²) in [4.78, 5) is 11.8. The molecule has 0 spiro atoms. The van der Waals surface area contributed by atoms with Crippen LogP contribution in [0.15, 0.2) is 23.1 Å². The highest BCUT2D eigenvalue weighted by molar-refractivity contribution is 7.89. The maximum atomic E-state index is 11.9. The van der Waals surface area contributed by atoms with Crippen molar-refractivity contribution in [1.29, 1.82) is 0 Å². The molecule has 0 aliphatic heterocycles. The number of carbonyl (C=O) groups is 1. The summed E-state index contributed by atoms with van der Waals surface area (Å²) < 4.78 is 30.9. The Hall–Kier alpha value is -1.64. The van der Waals surface area contributed by atoms with Gasteiger partial charge < -0.3 is 15.8 Å². The Balaban J connectivity index is 3.07. The highest BCUT2D eigenvalue weighted by atomic mass is 32.2. The zero-order chi connectivity index (χ0) is 15.2. The molecule has 0 atom stereocenters. The molecular formula is C12H19N3O4S. The summed E-state index contributed by atoms with van der Waals surface area (Å²) in [7, 11) is -1.04. The van der Waals surface area contributed by atoms with E-state index in [1.54, 1.807) is 0 Å². The molecule has 8 heteroatoms. The molecule has 1 amide bonds. The number of hydrogen-bond acceptors (Lipinski definition) is 5. The van der Waals surface area contributed by atoms with Crippen molar-refractivity contribution in [2.24, 2.45) is 5.73 Å². The van der Waals surface area contributed by atoms with Crippen molar-refractivity contribution in [3.63, 3.8) is 0 Å². The van der Waals surface area contributed by atoms with Gasteiger partial charge in [-0.2, -0.15) is 0 Å². The van der Waals surface area contributed by atoms with Crippen LogP contribution >= 0.6 is 0 Å². The summed E-state index contributed by atoms with van der Waals surface area (Å²) in [5, 5.41) is 2.66. The van der Waals surface area contributed by atoms with Gasteiger partial charge in [0.2, 0.25) is 10.0 Å². The van der Waals surface area contributed by atoms with Crippen LogP contribution in [0.3, 0.4) is 0 Å². The van der Waals surface area contributed by atoms with Crippen molar-refractivity contribution in [2.75, 3.05) is 27.2 Å². The SMILES string of the molecule is CNS(=O)(=O)c1cc(C(=O)NCCCN)ccc1OC. The second kappa shape index (κ2) is 7.22. The Bertz CT molecular complexity index is 572. The lowest BCUT2D eigenvalue weighted by Crippen LogP contribution is -2.26. The number of ether oxygens (including phenoxy) is 1. The Labute approximate surface area is 118 Å². The molecule has 7 nitrogen and oxygen atoms in total. The quantitative estimate of drug-likeness (QED) is 0.598. The van der Waals surface area contributed by atoms with Gasteiger partial charge in [-0.05, 0) is 38.2 Å². The molecule has 20 heavy (non-hydrogen) atoms. The molecule has 0 aromatic heterocycles. The number of nitrogens with one attached hydrogen (secondary N) is 2. The standard InChI is InChI=1S/C12H19N3O4S/c1-14-20(17,18)11-8-9(4-5-10(11)19-2)12(16)15-7-3-6-13/h4-5,8,14H,3,6-7,13H2,1-2H3,(H,15,16). The van der Waals surface area contributed by atoms with Gasteiger partial charge in [0.1, 0.15) is 10.6 Å². The number of carbonyl (C=O) groups excluding carboxylic acids is 1. The molecule has 0 aliphatic carbocycles. The van der Waals surface area contributed by atoms with Crippen molar-refractivity contribution in [1.82, 2.24) is 10.0 Å². The van der Waals surface area contributed by atoms with Crippen LogP contribution in [0.5, 0.6) is 5.75 Å². The molecule has 0 saturated carbocycles. The lowest BCUT2D eigenvalue weighted by molar-refractivity contribution is 0.0953. The summed E-state index contributed by atoms with van der Waals surface area (Å²) in [6.07, 6.45) is 0.656. The van der Waals surface area contributed by atoms with Gasteiger partial charge in [-0.3, -0.25) is 4.79 Å². The number of amides is 1. The first kappa shape index (κ1) is 16.4. The van der Waals surface area contributed by atoms with E-state index in [4.69, 9.17) is 10.5 Å². The van der Waals surface area contributed by atoms with Gasteiger partial charge in [0.15, 0.2) is 0 Å². The van der Waals surface area contributed by atoms with Crippen molar-refractivity contribution in [3.05, 3.63) is 23.8 Å². The molecule has 0 heterocycles. The maximum absolute atomic E-state index is 11.9. The molecule has 0 fully saturated rings. The fraction of sp³-hybridized carbons (Fsp3) is 0.417. The van der Waals surface area contributed by atoms with E-state index in [-0.39, 0.29) is 22.1 Å². The van der Waals surface area contributed by atoms with Crippen LogP contribution in [-0.2, 0) is 10.0 Å². The second-order valence-corrected chi connectivity index (χ2v) is 5.83. The number of methoxy groups -OCH3 is 1. The first-order valence-corrected chi connectivity index (χ1v) is 7.54. The molecule has 0 aliphatic rings. The average molecular weight is 301 g/mol. The third kappa shape index (κ3) is 3.92. The molecule has 0 saturated heterocycles. The Morgan fingerprint density at radius 3 is 2.65 bits per heavy atom. The predicted octanol–water partition coefficient (Wildman–Crippen LogP) is -0.318. The summed E-state index contributed by atoms with van der Waals surface area (Å²) in [5.74, 6) is -0.175. The maximum Gasteiger partial charge on any atom is 0.251 e. The minimum atomic E-state index is -3.70. The lowest BCUT2D eigenvalue weighted by atomic mass is 10.2. The van der Waals surface area contributed by atoms with Gasteiger partial charge >= 0.3 is 0 Å². The highest BCUT2D eigenvalue weighted by Gasteiger charge is 2.19. The normalized spacial score (nSPS) is 11.2. The molecular weight excluding hydrogens is 282 g/mol. The average Bonchev–Trinajstić information content (AvgIpc) is 2.46. The molecule has 112 valence electrons. The van der Waals surface area contributed by atoms with E-state index < -0.39 is 10.0 Å². The molecule has 0 bridgehead atoms. The van der Waals surface area contributed by atoms with Gasteiger partial charge in [-0.1, -0.05) is 0 Å². The van der Waals surface area contributed by atoms with E-state index in [0.717, 1.165) is 0 Å². The molecule has 1 aromatic rings. The van der Waals surface area contributed by atoms with Gasteiger partial charge in [0.05, 0.1) is 7.11 Å². The fourth-order valence-electron chi connectivity index (χ4n) is 1.54. The Kier molecular flexibility index (Phi) is 5.93. The van der Waals surface area contributed by atoms with Crippen LogP contribution in [-0.4, -0.2) is 41.6 Å². The number of hydrogen-bond donors (Lipinski definition) is 3. The Morgan fingerprint density at radius 1 is 1.40 bits per heavy atom. The first-order valence-electron chi connectivity index (χ1n) is 6.06. The zero-order valence-corrected chi connectivity index (χ0v) is 12.3. The zero-order valence-electron chi connectivity index (χ0n) is 11.5. The van der Waals surface area contributed by atoms with E-state index in [0.29, 0.717) is 19.5 Å². The monoisotopic (exact) mass is 301 g/mol. The number of sulfonamides is 1. The van der Waals surface area contributed by atoms with Crippen LogP contribution in [0, 0.1) is 0 Å². The number of benzene rings is 1. The van der Waals surface area contributed by atoms with Gasteiger partial charge in [0, 0.05) is 12.1 Å². The van der Waals surface area contributed by atoms with E-state index >= 15 is 0 Å². The van der Waals surface area contributed by atoms with Crippen LogP contribution in [0.2, 0.25) is 0 Å². The molecule has 1 rings (SSSR count). The van der Waals surface area contributed by atoms with Crippen LogP contribution < -0.4 is 20.5 Å². The summed E-state index contributed by atoms with van der Waals surface area (Å²) >= 11 is 0.